The Morgan fingerprint density at radius 1 is 1.40 bits per heavy atom. The summed E-state index contributed by atoms with van der Waals surface area (Å²) in [5.41, 5.74) is -0.552. The van der Waals surface area contributed by atoms with Gasteiger partial charge in [-0.2, -0.15) is 0 Å². The van der Waals surface area contributed by atoms with Crippen molar-refractivity contribution in [1.29, 1.82) is 0 Å². The quantitative estimate of drug-likeness (QED) is 0.663. The van der Waals surface area contributed by atoms with Gasteiger partial charge in [0.2, 0.25) is 0 Å². The minimum Gasteiger partial charge on any atom is -0.465 e. The van der Waals surface area contributed by atoms with Gasteiger partial charge in [-0.3, -0.25) is 0 Å². The molecule has 0 aliphatic rings. The summed E-state index contributed by atoms with van der Waals surface area (Å²) >= 11 is 0. The molecule has 0 rings (SSSR count). The molecule has 15 heavy (non-hydrogen) atoms. The van der Waals surface area contributed by atoms with Gasteiger partial charge in [0, 0.05) is 12.6 Å². The Kier molecular flexibility index (Phi) is 4.90. The van der Waals surface area contributed by atoms with E-state index in [2.05, 4.69) is 10.6 Å². The van der Waals surface area contributed by atoms with Crippen LogP contribution < -0.4 is 10.6 Å². The highest BCUT2D eigenvalue weighted by molar-refractivity contribution is 5.68. The Morgan fingerprint density at radius 3 is 2.33 bits per heavy atom. The standard InChI is InChI=1S/C9H18N2O4/c1-6(5-10-7(12)13)11-8(14)15-9(2,3)4/h6,10H,5H2,1-4H3,(H,11,14)(H,12,13)/t6-/m1/s1. The number of carbonyl (C=O) groups excluding carboxylic acids is 1. The first-order valence-corrected chi connectivity index (χ1v) is 4.67. The lowest BCUT2D eigenvalue weighted by atomic mass is 10.2. The van der Waals surface area contributed by atoms with Crippen LogP contribution in [0.25, 0.3) is 0 Å². The monoisotopic (exact) mass is 218 g/mol. The van der Waals surface area contributed by atoms with E-state index in [9.17, 15) is 9.59 Å². The summed E-state index contributed by atoms with van der Waals surface area (Å²) in [6.07, 6.45) is -1.67. The molecule has 2 amide bonds. The number of nitrogens with one attached hydrogen (secondary N) is 2. The lowest BCUT2D eigenvalue weighted by Crippen LogP contribution is -2.43. The van der Waals surface area contributed by atoms with Crippen LogP contribution in [0.2, 0.25) is 0 Å². The summed E-state index contributed by atoms with van der Waals surface area (Å²) in [5.74, 6) is 0. The molecule has 6 heteroatoms. The molecular weight excluding hydrogens is 200 g/mol. The molecular formula is C9H18N2O4. The van der Waals surface area contributed by atoms with E-state index >= 15 is 0 Å². The zero-order valence-electron chi connectivity index (χ0n) is 9.46. The largest absolute Gasteiger partial charge is 0.465 e. The number of alkyl carbamates (subject to hydrolysis) is 1. The zero-order valence-corrected chi connectivity index (χ0v) is 9.46. The van der Waals surface area contributed by atoms with Crippen LogP contribution in [0.5, 0.6) is 0 Å². The van der Waals surface area contributed by atoms with E-state index in [1.807, 2.05) is 0 Å². The molecule has 0 bridgehead atoms. The van der Waals surface area contributed by atoms with Crippen molar-refractivity contribution >= 4 is 12.2 Å². The van der Waals surface area contributed by atoms with Crippen LogP contribution in [0, 0.1) is 0 Å². The first-order chi connectivity index (χ1) is 6.70. The third-order valence-corrected chi connectivity index (χ3v) is 1.32. The number of carbonyl (C=O) groups is 2. The highest BCUT2D eigenvalue weighted by Crippen LogP contribution is 2.06. The van der Waals surface area contributed by atoms with Gasteiger partial charge in [0.25, 0.3) is 0 Å². The maximum Gasteiger partial charge on any atom is 0.407 e. The molecule has 3 N–H and O–H groups in total. The molecule has 0 aliphatic heterocycles. The van der Waals surface area contributed by atoms with E-state index in [0.29, 0.717) is 0 Å². The molecule has 0 heterocycles. The highest BCUT2D eigenvalue weighted by atomic mass is 16.6. The van der Waals surface area contributed by atoms with Crippen LogP contribution in [0.15, 0.2) is 0 Å². The van der Waals surface area contributed by atoms with Crippen molar-refractivity contribution in [1.82, 2.24) is 10.6 Å². The Bertz CT molecular complexity index is 235. The molecule has 6 nitrogen and oxygen atoms in total. The normalized spacial score (nSPS) is 12.8. The fourth-order valence-corrected chi connectivity index (χ4v) is 0.800. The van der Waals surface area contributed by atoms with Crippen molar-refractivity contribution in [2.24, 2.45) is 0 Å². The van der Waals surface area contributed by atoms with Gasteiger partial charge in [-0.25, -0.2) is 9.59 Å². The SMILES string of the molecule is C[C@H](CNC(=O)O)NC(=O)OC(C)(C)C. The zero-order chi connectivity index (χ0) is 12.1. The Balaban J connectivity index is 3.81. The average Bonchev–Trinajstić information content (AvgIpc) is 1.96. The van der Waals surface area contributed by atoms with Crippen LogP contribution in [0.3, 0.4) is 0 Å². The number of carboxylic acid groups (broad SMARTS) is 1. The van der Waals surface area contributed by atoms with Gasteiger partial charge in [0.15, 0.2) is 0 Å². The number of hydrogen-bond acceptors (Lipinski definition) is 3. The summed E-state index contributed by atoms with van der Waals surface area (Å²) in [6, 6.07) is -0.309. The van der Waals surface area contributed by atoms with Gasteiger partial charge in [0.05, 0.1) is 0 Å². The smallest absolute Gasteiger partial charge is 0.407 e. The van der Waals surface area contributed by atoms with Crippen molar-refractivity contribution in [2.45, 2.75) is 39.3 Å². The second-order valence-corrected chi connectivity index (χ2v) is 4.23. The molecule has 0 spiro atoms. The molecule has 1 atom stereocenters. The predicted octanol–water partition coefficient (Wildman–Crippen LogP) is 1.17. The van der Waals surface area contributed by atoms with Gasteiger partial charge in [-0.05, 0) is 27.7 Å². The van der Waals surface area contributed by atoms with Crippen molar-refractivity contribution < 1.29 is 19.4 Å². The van der Waals surface area contributed by atoms with Crippen molar-refractivity contribution in [3.05, 3.63) is 0 Å². The highest BCUT2D eigenvalue weighted by Gasteiger charge is 2.17. The third-order valence-electron chi connectivity index (χ3n) is 1.32. The lowest BCUT2D eigenvalue weighted by molar-refractivity contribution is 0.0507. The number of amides is 2. The summed E-state index contributed by atoms with van der Waals surface area (Å²) in [4.78, 5) is 21.4. The fraction of sp³-hybridized carbons (Fsp3) is 0.778. The van der Waals surface area contributed by atoms with Gasteiger partial charge in [0.1, 0.15) is 5.60 Å². The molecule has 0 aromatic rings. The van der Waals surface area contributed by atoms with Crippen LogP contribution in [0.4, 0.5) is 9.59 Å². The number of hydrogen-bond donors (Lipinski definition) is 3. The van der Waals surface area contributed by atoms with Crippen LogP contribution in [0.1, 0.15) is 27.7 Å². The molecule has 0 aromatic carbocycles. The molecule has 88 valence electrons. The lowest BCUT2D eigenvalue weighted by Gasteiger charge is -2.21. The maximum atomic E-state index is 11.2. The molecule has 0 fully saturated rings. The third kappa shape index (κ3) is 8.86. The van der Waals surface area contributed by atoms with Crippen LogP contribution in [-0.2, 0) is 4.74 Å². The average molecular weight is 218 g/mol. The predicted molar refractivity (Wildman–Crippen MR) is 54.9 cm³/mol. The van der Waals surface area contributed by atoms with Gasteiger partial charge in [-0.1, -0.05) is 0 Å². The van der Waals surface area contributed by atoms with E-state index in [0.717, 1.165) is 0 Å². The van der Waals surface area contributed by atoms with E-state index in [4.69, 9.17) is 9.84 Å². The second-order valence-electron chi connectivity index (χ2n) is 4.23. The summed E-state index contributed by atoms with van der Waals surface area (Å²) in [7, 11) is 0. The van der Waals surface area contributed by atoms with Crippen molar-refractivity contribution in [3.63, 3.8) is 0 Å². The summed E-state index contributed by atoms with van der Waals surface area (Å²) < 4.78 is 4.99. The Labute approximate surface area is 89.0 Å². The minimum absolute atomic E-state index is 0.147. The van der Waals surface area contributed by atoms with E-state index in [1.54, 1.807) is 27.7 Å². The molecule has 0 aromatic heterocycles. The molecule has 0 radical (unpaired) electrons. The minimum atomic E-state index is -1.12. The number of rotatable bonds is 3. The van der Waals surface area contributed by atoms with Gasteiger partial charge >= 0.3 is 12.2 Å². The molecule has 0 aliphatic carbocycles. The van der Waals surface area contributed by atoms with Gasteiger partial charge < -0.3 is 20.5 Å². The van der Waals surface area contributed by atoms with E-state index < -0.39 is 17.8 Å². The first-order valence-electron chi connectivity index (χ1n) is 4.67. The molecule has 0 unspecified atom stereocenters. The van der Waals surface area contributed by atoms with E-state index in [-0.39, 0.29) is 12.6 Å². The maximum absolute atomic E-state index is 11.2. The Hall–Kier alpha value is -1.46. The molecule has 0 saturated carbocycles. The van der Waals surface area contributed by atoms with Crippen molar-refractivity contribution in [2.75, 3.05) is 6.54 Å². The first kappa shape index (κ1) is 13.5. The molecule has 0 saturated heterocycles. The van der Waals surface area contributed by atoms with Gasteiger partial charge in [-0.15, -0.1) is 0 Å². The topological polar surface area (TPSA) is 87.7 Å². The number of ether oxygens (including phenoxy) is 1. The summed E-state index contributed by atoms with van der Waals surface area (Å²) in [5, 5.41) is 13.0. The van der Waals surface area contributed by atoms with Crippen LogP contribution >= 0.6 is 0 Å². The fourth-order valence-electron chi connectivity index (χ4n) is 0.800. The van der Waals surface area contributed by atoms with Crippen LogP contribution in [-0.4, -0.2) is 35.5 Å². The summed E-state index contributed by atoms with van der Waals surface area (Å²) in [6.45, 7) is 7.10. The Morgan fingerprint density at radius 2 is 1.93 bits per heavy atom. The van der Waals surface area contributed by atoms with E-state index in [1.165, 1.54) is 0 Å². The second kappa shape index (κ2) is 5.43. The van der Waals surface area contributed by atoms with Crippen molar-refractivity contribution in [3.8, 4) is 0 Å².